The Morgan fingerprint density at radius 1 is 1.83 bits per heavy atom. The van der Waals surface area contributed by atoms with Crippen LogP contribution < -0.4 is 0 Å². The fraction of sp³-hybridized carbons (Fsp3) is 0.333. The largest absolute Gasteiger partial charge is 0.461 e. The van der Waals surface area contributed by atoms with Gasteiger partial charge in [-0.2, -0.15) is 0 Å². The second-order valence-corrected chi connectivity index (χ2v) is 3.48. The van der Waals surface area contributed by atoms with E-state index < -0.39 is 5.97 Å². The van der Waals surface area contributed by atoms with Gasteiger partial charge in [-0.1, -0.05) is 4.49 Å². The minimum atomic E-state index is -0.433. The van der Waals surface area contributed by atoms with Crippen molar-refractivity contribution in [3.05, 3.63) is 11.9 Å². The summed E-state index contributed by atoms with van der Waals surface area (Å²) >= 11 is 2.34. The standard InChI is InChI=1S/C6H7N2O2S2/c1-3-10-5(9)4-6(11-2)12-8-7-4/h2-3H2,1H3. The van der Waals surface area contributed by atoms with Crippen molar-refractivity contribution < 1.29 is 9.53 Å². The number of carbonyl (C=O) groups excluding carboxylic acids is 1. The zero-order valence-corrected chi connectivity index (χ0v) is 8.07. The van der Waals surface area contributed by atoms with Gasteiger partial charge in [0.25, 0.3) is 0 Å². The lowest BCUT2D eigenvalue weighted by Gasteiger charge is -1.97. The number of nitrogens with zero attached hydrogens (tertiary/aromatic N) is 2. The lowest BCUT2D eigenvalue weighted by molar-refractivity contribution is 0.0515. The molecule has 0 saturated carbocycles. The molecule has 0 N–H and O–H groups in total. The van der Waals surface area contributed by atoms with Crippen LogP contribution in [0.2, 0.25) is 0 Å². The third-order valence-electron chi connectivity index (χ3n) is 1.06. The third kappa shape index (κ3) is 1.95. The molecular weight excluding hydrogens is 196 g/mol. The van der Waals surface area contributed by atoms with Crippen LogP contribution in [0.4, 0.5) is 0 Å². The van der Waals surface area contributed by atoms with Gasteiger partial charge in [-0.3, -0.25) is 0 Å². The fourth-order valence-electron chi connectivity index (χ4n) is 0.601. The van der Waals surface area contributed by atoms with Crippen LogP contribution in [0, 0.1) is 6.26 Å². The average Bonchev–Trinajstić information content (AvgIpc) is 2.51. The minimum Gasteiger partial charge on any atom is -0.461 e. The predicted molar refractivity (Wildman–Crippen MR) is 47.1 cm³/mol. The fourth-order valence-corrected chi connectivity index (χ4v) is 1.58. The predicted octanol–water partition coefficient (Wildman–Crippen LogP) is 1.60. The van der Waals surface area contributed by atoms with Gasteiger partial charge < -0.3 is 4.74 Å². The van der Waals surface area contributed by atoms with E-state index in [0.717, 1.165) is 11.5 Å². The summed E-state index contributed by atoms with van der Waals surface area (Å²) in [6, 6.07) is 0. The first-order valence-corrected chi connectivity index (χ1v) is 4.97. The van der Waals surface area contributed by atoms with Gasteiger partial charge in [0.2, 0.25) is 0 Å². The van der Waals surface area contributed by atoms with Crippen molar-refractivity contribution in [2.75, 3.05) is 6.61 Å². The van der Waals surface area contributed by atoms with Crippen LogP contribution >= 0.6 is 23.3 Å². The summed E-state index contributed by atoms with van der Waals surface area (Å²) < 4.78 is 9.07. The van der Waals surface area contributed by atoms with Crippen LogP contribution in [-0.4, -0.2) is 22.2 Å². The number of ether oxygens (including phenoxy) is 1. The first-order chi connectivity index (χ1) is 5.79. The Hall–Kier alpha value is -0.620. The summed E-state index contributed by atoms with van der Waals surface area (Å²) in [5.74, 6) is -0.433. The second-order valence-electron chi connectivity index (χ2n) is 1.77. The van der Waals surface area contributed by atoms with E-state index in [1.54, 1.807) is 6.92 Å². The number of thioether (sulfide) groups is 1. The quantitative estimate of drug-likeness (QED) is 0.551. The van der Waals surface area contributed by atoms with Crippen molar-refractivity contribution in [1.82, 2.24) is 9.59 Å². The molecule has 0 aliphatic rings. The summed E-state index contributed by atoms with van der Waals surface area (Å²) in [4.78, 5) is 11.1. The highest BCUT2D eigenvalue weighted by atomic mass is 32.2. The number of rotatable bonds is 3. The smallest absolute Gasteiger partial charge is 0.361 e. The van der Waals surface area contributed by atoms with Crippen LogP contribution in [0.25, 0.3) is 0 Å². The Balaban J connectivity index is 2.79. The average molecular weight is 203 g/mol. The van der Waals surface area contributed by atoms with Crippen molar-refractivity contribution in [3.8, 4) is 0 Å². The Morgan fingerprint density at radius 3 is 3.17 bits per heavy atom. The van der Waals surface area contributed by atoms with Crippen molar-refractivity contribution in [2.45, 2.75) is 11.1 Å². The van der Waals surface area contributed by atoms with Crippen LogP contribution in [0.15, 0.2) is 4.21 Å². The van der Waals surface area contributed by atoms with Crippen LogP contribution in [0.1, 0.15) is 17.4 Å². The monoisotopic (exact) mass is 203 g/mol. The van der Waals surface area contributed by atoms with Gasteiger partial charge in [-0.25, -0.2) is 4.79 Å². The molecule has 0 aliphatic carbocycles. The molecule has 0 amide bonds. The van der Waals surface area contributed by atoms with Crippen LogP contribution in [-0.2, 0) is 4.74 Å². The highest BCUT2D eigenvalue weighted by molar-refractivity contribution is 8.02. The number of hydrogen-bond donors (Lipinski definition) is 0. The van der Waals surface area contributed by atoms with Gasteiger partial charge in [0.1, 0.15) is 4.21 Å². The molecule has 1 rings (SSSR count). The SMILES string of the molecule is [CH2]Sc1snnc1C(=O)OCC. The zero-order valence-electron chi connectivity index (χ0n) is 6.44. The molecule has 1 aromatic heterocycles. The van der Waals surface area contributed by atoms with Gasteiger partial charge >= 0.3 is 5.97 Å². The molecule has 0 spiro atoms. The molecule has 0 aromatic carbocycles. The van der Waals surface area contributed by atoms with Crippen molar-refractivity contribution in [2.24, 2.45) is 0 Å². The summed E-state index contributed by atoms with van der Waals surface area (Å²) in [7, 11) is 0. The van der Waals surface area contributed by atoms with Crippen molar-refractivity contribution in [1.29, 1.82) is 0 Å². The Kier molecular flexibility index (Phi) is 3.48. The number of aromatic nitrogens is 2. The van der Waals surface area contributed by atoms with Gasteiger partial charge in [0.05, 0.1) is 6.61 Å². The highest BCUT2D eigenvalue weighted by Gasteiger charge is 2.16. The first kappa shape index (κ1) is 9.47. The summed E-state index contributed by atoms with van der Waals surface area (Å²) in [5.41, 5.74) is 0.266. The second kappa shape index (κ2) is 4.42. The Bertz CT molecular complexity index is 274. The van der Waals surface area contributed by atoms with E-state index in [1.807, 2.05) is 0 Å². The molecule has 65 valence electrons. The molecule has 12 heavy (non-hydrogen) atoms. The van der Waals surface area contributed by atoms with Crippen molar-refractivity contribution in [3.63, 3.8) is 0 Å². The third-order valence-corrected chi connectivity index (χ3v) is 2.61. The highest BCUT2D eigenvalue weighted by Crippen LogP contribution is 2.23. The lowest BCUT2D eigenvalue weighted by atomic mass is 10.5. The van der Waals surface area contributed by atoms with E-state index in [0.29, 0.717) is 10.8 Å². The number of esters is 1. The van der Waals surface area contributed by atoms with E-state index in [2.05, 4.69) is 15.8 Å². The normalized spacial score (nSPS) is 9.83. The van der Waals surface area contributed by atoms with Crippen molar-refractivity contribution >= 4 is 29.3 Å². The van der Waals surface area contributed by atoms with Gasteiger partial charge in [0, 0.05) is 6.26 Å². The molecule has 4 nitrogen and oxygen atoms in total. The number of carbonyl (C=O) groups is 1. The summed E-state index contributed by atoms with van der Waals surface area (Å²) in [5, 5.41) is 3.64. The minimum absolute atomic E-state index is 0.266. The maximum atomic E-state index is 11.1. The molecule has 1 aromatic rings. The topological polar surface area (TPSA) is 52.1 Å². The molecule has 0 aliphatic heterocycles. The lowest BCUT2D eigenvalue weighted by Crippen LogP contribution is -2.05. The molecule has 6 heteroatoms. The van der Waals surface area contributed by atoms with E-state index in [-0.39, 0.29) is 5.69 Å². The Morgan fingerprint density at radius 2 is 2.58 bits per heavy atom. The van der Waals surface area contributed by atoms with Gasteiger partial charge in [-0.15, -0.1) is 16.9 Å². The molecule has 0 unspecified atom stereocenters. The van der Waals surface area contributed by atoms with E-state index in [1.165, 1.54) is 11.8 Å². The zero-order chi connectivity index (χ0) is 8.97. The maximum Gasteiger partial charge on any atom is 0.361 e. The van der Waals surface area contributed by atoms with E-state index in [4.69, 9.17) is 4.74 Å². The van der Waals surface area contributed by atoms with Crippen LogP contribution in [0.3, 0.4) is 0 Å². The summed E-state index contributed by atoms with van der Waals surface area (Å²) in [6.07, 6.45) is 3.57. The molecule has 1 radical (unpaired) electrons. The number of hydrogen-bond acceptors (Lipinski definition) is 6. The first-order valence-electron chi connectivity index (χ1n) is 3.21. The molecule has 0 atom stereocenters. The Labute approximate surface area is 78.5 Å². The molecule has 0 bridgehead atoms. The summed E-state index contributed by atoms with van der Waals surface area (Å²) in [6.45, 7) is 2.09. The van der Waals surface area contributed by atoms with Gasteiger partial charge in [-0.05, 0) is 18.5 Å². The van der Waals surface area contributed by atoms with Crippen LogP contribution in [0.5, 0.6) is 0 Å². The van der Waals surface area contributed by atoms with Gasteiger partial charge in [0.15, 0.2) is 5.69 Å². The maximum absolute atomic E-state index is 11.1. The molecular formula is C6H7N2O2S2. The molecule has 0 fully saturated rings. The van der Waals surface area contributed by atoms with E-state index in [9.17, 15) is 4.79 Å². The molecule has 0 saturated heterocycles. The van der Waals surface area contributed by atoms with E-state index >= 15 is 0 Å². The molecule has 1 heterocycles.